The normalized spacial score (nSPS) is 15.3. The van der Waals surface area contributed by atoms with Gasteiger partial charge in [0.25, 0.3) is 0 Å². The molecule has 0 radical (unpaired) electrons. The van der Waals surface area contributed by atoms with E-state index in [0.717, 1.165) is 44.2 Å². The third-order valence-electron chi connectivity index (χ3n) is 3.49. The molecule has 0 amide bonds. The second-order valence-corrected chi connectivity index (χ2v) is 4.98. The molecule has 0 unspecified atom stereocenters. The molecule has 0 aliphatic carbocycles. The van der Waals surface area contributed by atoms with Crippen LogP contribution in [0.15, 0.2) is 36.5 Å². The third-order valence-corrected chi connectivity index (χ3v) is 3.49. The Labute approximate surface area is 119 Å². The summed E-state index contributed by atoms with van der Waals surface area (Å²) in [6.45, 7) is 4.33. The number of nitrogens with one attached hydrogen (secondary N) is 1. The number of benzene rings is 1. The molecule has 0 bridgehead atoms. The Morgan fingerprint density at radius 2 is 1.90 bits per heavy atom. The van der Waals surface area contributed by atoms with E-state index >= 15 is 0 Å². The molecular formula is C15H20N4O. The van der Waals surface area contributed by atoms with Gasteiger partial charge in [-0.15, -0.1) is 0 Å². The van der Waals surface area contributed by atoms with Crippen molar-refractivity contribution in [1.82, 2.24) is 9.78 Å². The molecular weight excluding hydrogens is 252 g/mol. The summed E-state index contributed by atoms with van der Waals surface area (Å²) >= 11 is 0. The van der Waals surface area contributed by atoms with Gasteiger partial charge in [-0.1, -0.05) is 0 Å². The molecule has 1 aliphatic rings. The van der Waals surface area contributed by atoms with E-state index in [-0.39, 0.29) is 0 Å². The summed E-state index contributed by atoms with van der Waals surface area (Å²) in [5, 5.41) is 7.73. The number of morpholine rings is 1. The number of nitrogens with zero attached hydrogens (tertiary/aromatic N) is 3. The van der Waals surface area contributed by atoms with Crippen LogP contribution in [0.4, 0.5) is 11.4 Å². The van der Waals surface area contributed by atoms with Gasteiger partial charge in [-0.05, 0) is 30.3 Å². The van der Waals surface area contributed by atoms with Crippen LogP contribution in [0.3, 0.4) is 0 Å². The van der Waals surface area contributed by atoms with Gasteiger partial charge < -0.3 is 15.0 Å². The molecule has 0 spiro atoms. The minimum absolute atomic E-state index is 0.748. The van der Waals surface area contributed by atoms with Gasteiger partial charge in [0.05, 0.1) is 25.5 Å². The van der Waals surface area contributed by atoms with Gasteiger partial charge >= 0.3 is 0 Å². The van der Waals surface area contributed by atoms with Gasteiger partial charge in [0.1, 0.15) is 0 Å². The third kappa shape index (κ3) is 3.11. The minimum atomic E-state index is 0.748. The number of anilines is 2. The van der Waals surface area contributed by atoms with Crippen molar-refractivity contribution in [1.29, 1.82) is 0 Å². The van der Waals surface area contributed by atoms with Gasteiger partial charge in [0.15, 0.2) is 0 Å². The maximum atomic E-state index is 5.37. The fourth-order valence-corrected chi connectivity index (χ4v) is 2.36. The van der Waals surface area contributed by atoms with E-state index < -0.39 is 0 Å². The Balaban J connectivity index is 1.58. The number of aromatic nitrogens is 2. The summed E-state index contributed by atoms with van der Waals surface area (Å²) in [7, 11) is 1.93. The topological polar surface area (TPSA) is 42.3 Å². The Bertz CT molecular complexity index is 543. The molecule has 1 fully saturated rings. The van der Waals surface area contributed by atoms with Crippen molar-refractivity contribution in [3.05, 3.63) is 42.2 Å². The van der Waals surface area contributed by atoms with Gasteiger partial charge in [0.2, 0.25) is 0 Å². The zero-order chi connectivity index (χ0) is 13.8. The van der Waals surface area contributed by atoms with Crippen molar-refractivity contribution >= 4 is 11.4 Å². The van der Waals surface area contributed by atoms with Crippen LogP contribution in [0.1, 0.15) is 5.69 Å². The zero-order valence-corrected chi connectivity index (χ0v) is 11.7. The zero-order valence-electron chi connectivity index (χ0n) is 11.7. The standard InChI is InChI=1S/C15H20N4O/c1-18-7-6-14(17-18)12-16-13-2-4-15(5-3-13)19-8-10-20-11-9-19/h2-7,16H,8-12H2,1H3. The number of rotatable bonds is 4. The predicted molar refractivity (Wildman–Crippen MR) is 80.0 cm³/mol. The summed E-state index contributed by atoms with van der Waals surface area (Å²) in [4.78, 5) is 2.35. The minimum Gasteiger partial charge on any atom is -0.379 e. The summed E-state index contributed by atoms with van der Waals surface area (Å²) in [6, 6.07) is 10.6. The van der Waals surface area contributed by atoms with E-state index in [1.165, 1.54) is 5.69 Å². The van der Waals surface area contributed by atoms with Crippen LogP contribution >= 0.6 is 0 Å². The molecule has 1 N–H and O–H groups in total. The molecule has 1 saturated heterocycles. The van der Waals surface area contributed by atoms with Crippen molar-refractivity contribution < 1.29 is 4.74 Å². The van der Waals surface area contributed by atoms with E-state index in [1.807, 2.05) is 24.0 Å². The summed E-state index contributed by atoms with van der Waals surface area (Å²) in [5.74, 6) is 0. The van der Waals surface area contributed by atoms with Crippen LogP contribution in [0.5, 0.6) is 0 Å². The quantitative estimate of drug-likeness (QED) is 0.922. The predicted octanol–water partition coefficient (Wildman–Crippen LogP) is 1.87. The van der Waals surface area contributed by atoms with Crippen molar-refractivity contribution in [2.45, 2.75) is 6.54 Å². The van der Waals surface area contributed by atoms with Gasteiger partial charge in [-0.25, -0.2) is 0 Å². The van der Waals surface area contributed by atoms with E-state index in [4.69, 9.17) is 4.74 Å². The van der Waals surface area contributed by atoms with Crippen LogP contribution in [0.2, 0.25) is 0 Å². The number of ether oxygens (including phenoxy) is 1. The first-order valence-corrected chi connectivity index (χ1v) is 6.96. The first-order valence-electron chi connectivity index (χ1n) is 6.96. The molecule has 2 heterocycles. The van der Waals surface area contributed by atoms with Crippen molar-refractivity contribution in [3.8, 4) is 0 Å². The molecule has 2 aromatic rings. The Hall–Kier alpha value is -2.01. The number of aryl methyl sites for hydroxylation is 1. The molecule has 20 heavy (non-hydrogen) atoms. The lowest BCUT2D eigenvalue weighted by Crippen LogP contribution is -2.36. The lowest BCUT2D eigenvalue weighted by molar-refractivity contribution is 0.122. The number of hydrogen-bond acceptors (Lipinski definition) is 4. The fourth-order valence-electron chi connectivity index (χ4n) is 2.36. The molecule has 5 nitrogen and oxygen atoms in total. The first kappa shape index (κ1) is 13.0. The smallest absolute Gasteiger partial charge is 0.0815 e. The highest BCUT2D eigenvalue weighted by molar-refractivity contribution is 5.55. The van der Waals surface area contributed by atoms with Crippen LogP contribution in [0, 0.1) is 0 Å². The summed E-state index contributed by atoms with van der Waals surface area (Å²) in [5.41, 5.74) is 3.43. The Morgan fingerprint density at radius 3 is 2.55 bits per heavy atom. The van der Waals surface area contributed by atoms with Crippen molar-refractivity contribution in [2.75, 3.05) is 36.5 Å². The van der Waals surface area contributed by atoms with E-state index in [9.17, 15) is 0 Å². The van der Waals surface area contributed by atoms with Crippen molar-refractivity contribution in [3.63, 3.8) is 0 Å². The first-order chi connectivity index (χ1) is 9.81. The molecule has 1 aromatic heterocycles. The van der Waals surface area contributed by atoms with Crippen LogP contribution in [-0.4, -0.2) is 36.1 Å². The van der Waals surface area contributed by atoms with E-state index in [1.54, 1.807) is 0 Å². The molecule has 3 rings (SSSR count). The number of hydrogen-bond donors (Lipinski definition) is 1. The van der Waals surface area contributed by atoms with Crippen LogP contribution in [-0.2, 0) is 18.3 Å². The van der Waals surface area contributed by atoms with Crippen molar-refractivity contribution in [2.24, 2.45) is 7.05 Å². The SMILES string of the molecule is Cn1ccc(CNc2ccc(N3CCOCC3)cc2)n1. The average molecular weight is 272 g/mol. The summed E-state index contributed by atoms with van der Waals surface area (Å²) in [6.07, 6.45) is 1.96. The van der Waals surface area contributed by atoms with Gasteiger partial charge in [0, 0.05) is 37.7 Å². The fraction of sp³-hybridized carbons (Fsp3) is 0.400. The molecule has 1 aromatic carbocycles. The van der Waals surface area contributed by atoms with Gasteiger partial charge in [-0.3, -0.25) is 4.68 Å². The highest BCUT2D eigenvalue weighted by atomic mass is 16.5. The lowest BCUT2D eigenvalue weighted by atomic mass is 10.2. The molecule has 5 heteroatoms. The average Bonchev–Trinajstić information content (AvgIpc) is 2.92. The molecule has 0 saturated carbocycles. The van der Waals surface area contributed by atoms with E-state index in [2.05, 4.69) is 39.6 Å². The molecule has 106 valence electrons. The second kappa shape index (κ2) is 5.96. The Morgan fingerprint density at radius 1 is 1.15 bits per heavy atom. The highest BCUT2D eigenvalue weighted by Gasteiger charge is 2.10. The molecule has 1 aliphatic heterocycles. The van der Waals surface area contributed by atoms with Crippen LogP contribution in [0.25, 0.3) is 0 Å². The Kier molecular flexibility index (Phi) is 3.87. The summed E-state index contributed by atoms with van der Waals surface area (Å²) < 4.78 is 7.19. The van der Waals surface area contributed by atoms with Crippen LogP contribution < -0.4 is 10.2 Å². The highest BCUT2D eigenvalue weighted by Crippen LogP contribution is 2.19. The lowest BCUT2D eigenvalue weighted by Gasteiger charge is -2.28. The van der Waals surface area contributed by atoms with Gasteiger partial charge in [-0.2, -0.15) is 5.10 Å². The molecule has 0 atom stereocenters. The maximum Gasteiger partial charge on any atom is 0.0815 e. The second-order valence-electron chi connectivity index (χ2n) is 4.98. The maximum absolute atomic E-state index is 5.37. The van der Waals surface area contributed by atoms with E-state index in [0.29, 0.717) is 0 Å². The monoisotopic (exact) mass is 272 g/mol. The largest absolute Gasteiger partial charge is 0.379 e.